The largest absolute Gasteiger partial charge is 0.378 e. The third-order valence-electron chi connectivity index (χ3n) is 4.65. The van der Waals surface area contributed by atoms with Crippen molar-refractivity contribution >= 4 is 34.3 Å². The number of hydrazine groups is 1. The number of aromatic nitrogens is 1. The highest BCUT2D eigenvalue weighted by Gasteiger charge is 2.21. The first-order valence-corrected chi connectivity index (χ1v) is 11.2. The molecule has 0 spiro atoms. The van der Waals surface area contributed by atoms with E-state index in [1.807, 2.05) is 13.8 Å². The smallest absolute Gasteiger partial charge is 0.315 e. The fourth-order valence-corrected chi connectivity index (χ4v) is 4.01. The monoisotopic (exact) mass is 460 g/mol. The molecule has 0 bridgehead atoms. The molecule has 1 aliphatic heterocycles. The van der Waals surface area contributed by atoms with Gasteiger partial charge in [-0.1, -0.05) is 23.5 Å². The lowest BCUT2D eigenvalue weighted by Crippen LogP contribution is -2.41. The van der Waals surface area contributed by atoms with Gasteiger partial charge in [0.15, 0.2) is 5.13 Å². The number of nitrogens with one attached hydrogen (secondary N) is 4. The van der Waals surface area contributed by atoms with E-state index in [2.05, 4.69) is 31.4 Å². The summed E-state index contributed by atoms with van der Waals surface area (Å²) in [6.45, 7) is 8.61. The molecule has 1 saturated heterocycles. The molecular formula is C21H28N6O4S. The van der Waals surface area contributed by atoms with Gasteiger partial charge in [0.1, 0.15) is 4.88 Å². The van der Waals surface area contributed by atoms with Crippen LogP contribution >= 0.6 is 11.3 Å². The van der Waals surface area contributed by atoms with Crippen LogP contribution in [-0.2, 0) is 11.3 Å². The molecule has 1 fully saturated rings. The summed E-state index contributed by atoms with van der Waals surface area (Å²) >= 11 is 1.29. The summed E-state index contributed by atoms with van der Waals surface area (Å²) in [5.74, 6) is -0.851. The summed E-state index contributed by atoms with van der Waals surface area (Å²) < 4.78 is 5.34. The number of thiazole rings is 1. The SMILES string of the molecule is Cc1nc(N2CCOCC2)sc1C(=O)NNC(=O)c1ccc(CNC(=O)NC(C)C)cc1. The number of hydrogen-bond acceptors (Lipinski definition) is 7. The summed E-state index contributed by atoms with van der Waals surface area (Å²) in [4.78, 5) is 43.6. The van der Waals surface area contributed by atoms with E-state index in [1.54, 1.807) is 31.2 Å². The molecular weight excluding hydrogens is 432 g/mol. The third-order valence-corrected chi connectivity index (χ3v) is 5.87. The van der Waals surface area contributed by atoms with Crippen molar-refractivity contribution in [3.8, 4) is 0 Å². The minimum absolute atomic E-state index is 0.0518. The van der Waals surface area contributed by atoms with Crippen LogP contribution in [0.25, 0.3) is 0 Å². The number of benzene rings is 1. The van der Waals surface area contributed by atoms with Crippen LogP contribution in [0.1, 0.15) is 45.1 Å². The molecule has 0 unspecified atom stereocenters. The Morgan fingerprint density at radius 1 is 1.09 bits per heavy atom. The minimum atomic E-state index is -0.439. The van der Waals surface area contributed by atoms with E-state index in [0.717, 1.165) is 23.8 Å². The summed E-state index contributed by atoms with van der Waals surface area (Å²) in [5, 5.41) is 6.26. The van der Waals surface area contributed by atoms with Gasteiger partial charge in [0, 0.05) is 31.2 Å². The fourth-order valence-electron chi connectivity index (χ4n) is 2.99. The van der Waals surface area contributed by atoms with Gasteiger partial charge in [-0.3, -0.25) is 20.4 Å². The van der Waals surface area contributed by atoms with Crippen molar-refractivity contribution in [2.75, 3.05) is 31.2 Å². The molecule has 10 nitrogen and oxygen atoms in total. The fraction of sp³-hybridized carbons (Fsp3) is 0.429. The van der Waals surface area contributed by atoms with E-state index in [1.165, 1.54) is 11.3 Å². The van der Waals surface area contributed by atoms with Crippen molar-refractivity contribution in [3.05, 3.63) is 46.0 Å². The van der Waals surface area contributed by atoms with Gasteiger partial charge in [-0.2, -0.15) is 0 Å². The van der Waals surface area contributed by atoms with Crippen LogP contribution in [0, 0.1) is 6.92 Å². The predicted octanol–water partition coefficient (Wildman–Crippen LogP) is 1.57. The second-order valence-corrected chi connectivity index (χ2v) is 8.57. The van der Waals surface area contributed by atoms with Gasteiger partial charge in [0.25, 0.3) is 11.8 Å². The molecule has 0 atom stereocenters. The first-order chi connectivity index (χ1) is 15.3. The summed E-state index contributed by atoms with van der Waals surface area (Å²) in [6, 6.07) is 6.55. The maximum absolute atomic E-state index is 12.5. The van der Waals surface area contributed by atoms with Gasteiger partial charge in [-0.15, -0.1) is 0 Å². The second kappa shape index (κ2) is 10.9. The number of nitrogens with zero attached hydrogens (tertiary/aromatic N) is 2. The molecule has 172 valence electrons. The highest BCUT2D eigenvalue weighted by molar-refractivity contribution is 7.17. The zero-order valence-corrected chi connectivity index (χ0v) is 19.2. The number of anilines is 1. The van der Waals surface area contributed by atoms with Gasteiger partial charge in [0.05, 0.1) is 18.9 Å². The molecule has 32 heavy (non-hydrogen) atoms. The number of amides is 4. The Bertz CT molecular complexity index is 954. The maximum atomic E-state index is 12.5. The highest BCUT2D eigenvalue weighted by atomic mass is 32.1. The Morgan fingerprint density at radius 3 is 2.41 bits per heavy atom. The van der Waals surface area contributed by atoms with E-state index in [9.17, 15) is 14.4 Å². The topological polar surface area (TPSA) is 125 Å². The third kappa shape index (κ3) is 6.41. The zero-order valence-electron chi connectivity index (χ0n) is 18.4. The number of carbonyl (C=O) groups excluding carboxylic acids is 3. The van der Waals surface area contributed by atoms with Gasteiger partial charge in [-0.25, -0.2) is 9.78 Å². The van der Waals surface area contributed by atoms with Crippen molar-refractivity contribution in [3.63, 3.8) is 0 Å². The lowest BCUT2D eigenvalue weighted by molar-refractivity contribution is 0.0848. The van der Waals surface area contributed by atoms with Crippen LogP contribution in [0.4, 0.5) is 9.93 Å². The van der Waals surface area contributed by atoms with Crippen LogP contribution in [0.5, 0.6) is 0 Å². The Balaban J connectivity index is 1.50. The van der Waals surface area contributed by atoms with Crippen LogP contribution < -0.4 is 26.4 Å². The number of urea groups is 1. The summed E-state index contributed by atoms with van der Waals surface area (Å²) in [7, 11) is 0. The lowest BCUT2D eigenvalue weighted by atomic mass is 10.1. The second-order valence-electron chi connectivity index (χ2n) is 7.60. The van der Waals surface area contributed by atoms with Gasteiger partial charge in [-0.05, 0) is 38.5 Å². The number of hydrogen-bond donors (Lipinski definition) is 4. The van der Waals surface area contributed by atoms with Gasteiger partial charge in [0.2, 0.25) is 0 Å². The Kier molecular flexibility index (Phi) is 8.01. The maximum Gasteiger partial charge on any atom is 0.315 e. The van der Waals surface area contributed by atoms with Crippen LogP contribution in [0.15, 0.2) is 24.3 Å². The quantitative estimate of drug-likeness (QED) is 0.485. The van der Waals surface area contributed by atoms with E-state index < -0.39 is 11.8 Å². The van der Waals surface area contributed by atoms with Gasteiger partial charge >= 0.3 is 6.03 Å². The van der Waals surface area contributed by atoms with Crippen molar-refractivity contribution < 1.29 is 19.1 Å². The highest BCUT2D eigenvalue weighted by Crippen LogP contribution is 2.26. The molecule has 1 aliphatic rings. The Hall–Kier alpha value is -3.18. The summed E-state index contributed by atoms with van der Waals surface area (Å²) in [6.07, 6.45) is 0. The molecule has 0 aliphatic carbocycles. The molecule has 11 heteroatoms. The van der Waals surface area contributed by atoms with E-state index in [4.69, 9.17) is 4.74 Å². The number of morpholine rings is 1. The van der Waals surface area contributed by atoms with Crippen LogP contribution in [0.3, 0.4) is 0 Å². The molecule has 1 aromatic carbocycles. The Morgan fingerprint density at radius 2 is 1.75 bits per heavy atom. The normalized spacial score (nSPS) is 13.6. The van der Waals surface area contributed by atoms with Crippen molar-refractivity contribution in [2.45, 2.75) is 33.4 Å². The lowest BCUT2D eigenvalue weighted by Gasteiger charge is -2.25. The number of aryl methyl sites for hydroxylation is 1. The molecule has 4 N–H and O–H groups in total. The van der Waals surface area contributed by atoms with Crippen molar-refractivity contribution in [2.24, 2.45) is 0 Å². The van der Waals surface area contributed by atoms with Gasteiger partial charge < -0.3 is 20.3 Å². The van der Waals surface area contributed by atoms with E-state index >= 15 is 0 Å². The van der Waals surface area contributed by atoms with Crippen LogP contribution in [-0.4, -0.2) is 55.2 Å². The van der Waals surface area contributed by atoms with E-state index in [-0.39, 0.29) is 12.1 Å². The zero-order chi connectivity index (χ0) is 23.1. The molecule has 2 aromatic rings. The minimum Gasteiger partial charge on any atom is -0.378 e. The predicted molar refractivity (Wildman–Crippen MR) is 122 cm³/mol. The Labute approximate surface area is 190 Å². The molecule has 4 amide bonds. The average Bonchev–Trinajstić information content (AvgIpc) is 3.18. The molecule has 3 rings (SSSR count). The average molecular weight is 461 g/mol. The first kappa shape index (κ1) is 23.5. The molecule has 0 radical (unpaired) electrons. The molecule has 1 aromatic heterocycles. The standard InChI is InChI=1S/C21H28N6O4S/c1-13(2)23-20(30)22-12-15-4-6-16(7-5-15)18(28)25-26-19(29)17-14(3)24-21(32-17)27-8-10-31-11-9-27/h4-7,13H,8-12H2,1-3H3,(H,25,28)(H,26,29)(H2,22,23,30). The number of carbonyl (C=O) groups is 3. The number of ether oxygens (including phenoxy) is 1. The molecule has 0 saturated carbocycles. The van der Waals surface area contributed by atoms with Crippen molar-refractivity contribution in [1.82, 2.24) is 26.5 Å². The first-order valence-electron chi connectivity index (χ1n) is 10.4. The molecule has 2 heterocycles. The van der Waals surface area contributed by atoms with Crippen molar-refractivity contribution in [1.29, 1.82) is 0 Å². The van der Waals surface area contributed by atoms with Crippen LogP contribution in [0.2, 0.25) is 0 Å². The summed E-state index contributed by atoms with van der Waals surface area (Å²) in [5.41, 5.74) is 6.73. The van der Waals surface area contributed by atoms with E-state index in [0.29, 0.717) is 35.9 Å². The number of rotatable bonds is 6.